The van der Waals surface area contributed by atoms with E-state index in [4.69, 9.17) is 9.05 Å². The van der Waals surface area contributed by atoms with Crippen LogP contribution >= 0.6 is 0 Å². The van der Waals surface area contributed by atoms with Gasteiger partial charge in [-0.05, 0) is 31.6 Å². The molecular formula is C24H38N4O6S. The number of carboxylic acid groups (broad SMARTS) is 1. The van der Waals surface area contributed by atoms with Crippen LogP contribution in [0.5, 0.6) is 0 Å². The molecule has 2 aromatic heterocycles. The van der Waals surface area contributed by atoms with Gasteiger partial charge < -0.3 is 14.2 Å². The number of hydrogen-bond donors (Lipinski definition) is 2. The van der Waals surface area contributed by atoms with Crippen molar-refractivity contribution in [2.24, 2.45) is 17.3 Å². The number of nitrogens with zero attached hydrogens (tertiary/aromatic N) is 3. The molecule has 11 heteroatoms. The largest absolute Gasteiger partial charge is 0.481 e. The van der Waals surface area contributed by atoms with Crippen molar-refractivity contribution in [2.45, 2.75) is 103 Å². The molecule has 1 fully saturated rings. The quantitative estimate of drug-likeness (QED) is 0.437. The summed E-state index contributed by atoms with van der Waals surface area (Å²) in [4.78, 5) is 16.7. The van der Waals surface area contributed by atoms with Gasteiger partial charge in [0.1, 0.15) is 10.6 Å². The first kappa shape index (κ1) is 27.3. The molecule has 2 N–H and O–H groups in total. The smallest absolute Gasteiger partial charge is 0.307 e. The highest BCUT2D eigenvalue weighted by molar-refractivity contribution is 7.89. The molecule has 2 aromatic rings. The summed E-state index contributed by atoms with van der Waals surface area (Å²) in [7, 11) is -3.89. The van der Waals surface area contributed by atoms with Crippen LogP contribution in [0.1, 0.15) is 101 Å². The van der Waals surface area contributed by atoms with Crippen LogP contribution in [0, 0.1) is 31.1 Å². The van der Waals surface area contributed by atoms with Gasteiger partial charge in [-0.25, -0.2) is 13.1 Å². The molecule has 0 aromatic carbocycles. The lowest BCUT2D eigenvalue weighted by molar-refractivity contribution is -0.147. The van der Waals surface area contributed by atoms with E-state index in [0.29, 0.717) is 12.3 Å². The highest BCUT2D eigenvalue weighted by Crippen LogP contribution is 2.41. The molecule has 0 radical (unpaired) electrons. The molecule has 35 heavy (non-hydrogen) atoms. The summed E-state index contributed by atoms with van der Waals surface area (Å²) in [5.74, 6) is -0.819. The Kier molecular flexibility index (Phi) is 8.74. The number of carboxylic acids is 1. The van der Waals surface area contributed by atoms with Crippen LogP contribution in [0.2, 0.25) is 0 Å². The number of carbonyl (C=O) groups is 1. The molecule has 0 bridgehead atoms. The standard InChI is InChI=1S/C24H38N4O6S/c1-15-21(16(2)33-27-15)35(31,32)25-14-19-26-22(34-28-19)18(20(23(29)30)24(3,4)5)13-9-12-17-10-7-6-8-11-17/h17-18,20,25H,6-14H2,1-5H3,(H,29,30)/t18-,20?/m1/s1. The molecule has 10 nitrogen and oxygen atoms in total. The predicted octanol–water partition coefficient (Wildman–Crippen LogP) is 4.73. The zero-order chi connectivity index (χ0) is 25.8. The van der Waals surface area contributed by atoms with Crippen LogP contribution in [0.15, 0.2) is 13.9 Å². The number of aliphatic carboxylic acids is 1. The predicted molar refractivity (Wildman–Crippen MR) is 128 cm³/mol. The zero-order valence-electron chi connectivity index (χ0n) is 21.3. The monoisotopic (exact) mass is 510 g/mol. The Morgan fingerprint density at radius 1 is 1.14 bits per heavy atom. The number of sulfonamides is 1. The number of aromatic nitrogens is 3. The second kappa shape index (κ2) is 11.2. The third kappa shape index (κ3) is 6.91. The van der Waals surface area contributed by atoms with E-state index in [0.717, 1.165) is 12.8 Å². The molecule has 1 unspecified atom stereocenters. The van der Waals surface area contributed by atoms with E-state index in [9.17, 15) is 18.3 Å². The summed E-state index contributed by atoms with van der Waals surface area (Å²) in [6.45, 7) is 8.57. The highest BCUT2D eigenvalue weighted by Gasteiger charge is 2.41. The molecule has 1 aliphatic rings. The van der Waals surface area contributed by atoms with E-state index in [-0.39, 0.29) is 34.6 Å². The van der Waals surface area contributed by atoms with E-state index < -0.39 is 33.2 Å². The molecule has 1 saturated carbocycles. The van der Waals surface area contributed by atoms with Gasteiger partial charge >= 0.3 is 5.97 Å². The summed E-state index contributed by atoms with van der Waals surface area (Å²) in [5.41, 5.74) is -0.266. The molecule has 1 aliphatic carbocycles. The van der Waals surface area contributed by atoms with Crippen molar-refractivity contribution in [2.75, 3.05) is 0 Å². The van der Waals surface area contributed by atoms with E-state index in [1.54, 1.807) is 6.92 Å². The van der Waals surface area contributed by atoms with Crippen molar-refractivity contribution in [1.29, 1.82) is 0 Å². The number of nitrogens with one attached hydrogen (secondary N) is 1. The summed E-state index contributed by atoms with van der Waals surface area (Å²) in [5, 5.41) is 17.7. The van der Waals surface area contributed by atoms with Crippen molar-refractivity contribution in [3.8, 4) is 0 Å². The first-order chi connectivity index (χ1) is 16.4. The summed E-state index contributed by atoms with van der Waals surface area (Å²) in [6, 6.07) is 0. The molecule has 0 saturated heterocycles. The van der Waals surface area contributed by atoms with Crippen LogP contribution in [0.3, 0.4) is 0 Å². The number of hydrogen-bond acceptors (Lipinski definition) is 8. The summed E-state index contributed by atoms with van der Waals surface area (Å²) >= 11 is 0. The lowest BCUT2D eigenvalue weighted by Crippen LogP contribution is -2.34. The maximum atomic E-state index is 12.7. The second-order valence-corrected chi connectivity index (χ2v) is 12.5. The van der Waals surface area contributed by atoms with Gasteiger partial charge in [0, 0.05) is 0 Å². The van der Waals surface area contributed by atoms with Gasteiger partial charge in [-0.2, -0.15) is 4.98 Å². The van der Waals surface area contributed by atoms with E-state index in [1.165, 1.54) is 39.0 Å². The zero-order valence-corrected chi connectivity index (χ0v) is 22.2. The lowest BCUT2D eigenvalue weighted by atomic mass is 9.71. The first-order valence-electron chi connectivity index (χ1n) is 12.4. The molecule has 2 heterocycles. The molecular weight excluding hydrogens is 472 g/mol. The van der Waals surface area contributed by atoms with Crippen LogP contribution in [0.25, 0.3) is 0 Å². The number of aryl methyl sites for hydroxylation is 2. The summed E-state index contributed by atoms with van der Waals surface area (Å²) in [6.07, 6.45) is 8.88. The first-order valence-corrected chi connectivity index (χ1v) is 13.9. The van der Waals surface area contributed by atoms with Gasteiger partial charge in [-0.3, -0.25) is 4.79 Å². The topological polar surface area (TPSA) is 148 Å². The van der Waals surface area contributed by atoms with Crippen molar-refractivity contribution in [3.63, 3.8) is 0 Å². The number of rotatable bonds is 11. The minimum atomic E-state index is -3.89. The molecule has 2 atom stereocenters. The normalized spacial score (nSPS) is 17.4. The van der Waals surface area contributed by atoms with E-state index in [2.05, 4.69) is 20.0 Å². The maximum absolute atomic E-state index is 12.7. The van der Waals surface area contributed by atoms with Gasteiger partial charge in [0.25, 0.3) is 0 Å². The third-order valence-corrected chi connectivity index (χ3v) is 8.56. The average Bonchev–Trinajstić information content (AvgIpc) is 3.37. The fourth-order valence-electron chi connectivity index (χ4n) is 5.26. The fourth-order valence-corrected chi connectivity index (χ4v) is 6.57. The van der Waals surface area contributed by atoms with Gasteiger partial charge in [0.05, 0.1) is 18.4 Å². The molecule has 0 aliphatic heterocycles. The van der Waals surface area contributed by atoms with Crippen molar-refractivity contribution < 1.29 is 27.4 Å². The minimum Gasteiger partial charge on any atom is -0.481 e. The molecule has 196 valence electrons. The average molecular weight is 511 g/mol. The van der Waals surface area contributed by atoms with Gasteiger partial charge in [0.2, 0.25) is 15.9 Å². The van der Waals surface area contributed by atoms with Crippen molar-refractivity contribution in [1.82, 2.24) is 20.0 Å². The molecule has 0 spiro atoms. The minimum absolute atomic E-state index is 0.0134. The second-order valence-electron chi connectivity index (χ2n) is 10.8. The maximum Gasteiger partial charge on any atom is 0.307 e. The van der Waals surface area contributed by atoms with Crippen molar-refractivity contribution in [3.05, 3.63) is 23.2 Å². The van der Waals surface area contributed by atoms with Crippen molar-refractivity contribution >= 4 is 16.0 Å². The Labute approximate surface area is 207 Å². The summed E-state index contributed by atoms with van der Waals surface area (Å²) < 4.78 is 38.3. The van der Waals surface area contributed by atoms with E-state index >= 15 is 0 Å². The van der Waals surface area contributed by atoms with Crippen LogP contribution in [-0.2, 0) is 21.4 Å². The van der Waals surface area contributed by atoms with Crippen LogP contribution < -0.4 is 4.72 Å². The third-order valence-electron chi connectivity index (χ3n) is 6.91. The molecule has 0 amide bonds. The Hall–Kier alpha value is -2.27. The Bertz CT molecular complexity index is 1080. The van der Waals surface area contributed by atoms with Gasteiger partial charge in [0.15, 0.2) is 11.6 Å². The Morgan fingerprint density at radius 2 is 1.83 bits per heavy atom. The highest BCUT2D eigenvalue weighted by atomic mass is 32.2. The molecule has 3 rings (SSSR count). The van der Waals surface area contributed by atoms with Crippen LogP contribution in [-0.4, -0.2) is 34.8 Å². The Balaban J connectivity index is 1.75. The van der Waals surface area contributed by atoms with Gasteiger partial charge in [-0.1, -0.05) is 76.0 Å². The Morgan fingerprint density at radius 3 is 2.40 bits per heavy atom. The fraction of sp³-hybridized carbons (Fsp3) is 0.750. The lowest BCUT2D eigenvalue weighted by Gasteiger charge is -2.32. The van der Waals surface area contributed by atoms with Gasteiger partial charge in [-0.15, -0.1) is 0 Å². The van der Waals surface area contributed by atoms with E-state index in [1.807, 2.05) is 20.8 Å². The SMILES string of the molecule is Cc1noc(C)c1S(=O)(=O)NCc1noc([C@H](CCCC2CCCCC2)C(C(=O)O)C(C)(C)C)n1. The van der Waals surface area contributed by atoms with Crippen LogP contribution in [0.4, 0.5) is 0 Å².